The molecule has 2 aliphatic rings. The normalized spacial score (nSPS) is 24.9. The van der Waals surface area contributed by atoms with Gasteiger partial charge in [-0.05, 0) is 29.8 Å². The fraction of sp³-hybridized carbons (Fsp3) is 0.269. The minimum atomic E-state index is -2.04. The third-order valence-electron chi connectivity index (χ3n) is 6.81. The molecule has 176 valence electrons. The van der Waals surface area contributed by atoms with Gasteiger partial charge in [-0.15, -0.1) is 0 Å². The molecular weight excluding hydrogens is 479 g/mol. The fourth-order valence-electron chi connectivity index (χ4n) is 5.28. The molecule has 1 aliphatic heterocycles. The number of rotatable bonds is 5. The quantitative estimate of drug-likeness (QED) is 0.515. The molecule has 34 heavy (non-hydrogen) atoms. The fourth-order valence-corrected chi connectivity index (χ4v) is 5.82. The predicted octanol–water partition coefficient (Wildman–Crippen LogP) is 5.25. The number of ether oxygens (including phenoxy) is 4. The molecule has 0 spiro atoms. The molecule has 1 aliphatic carbocycles. The topological polar surface area (TPSA) is 74.2 Å². The van der Waals surface area contributed by atoms with Gasteiger partial charge >= 0.3 is 0 Å². The summed E-state index contributed by atoms with van der Waals surface area (Å²) in [7, 11) is 4.56. The lowest BCUT2D eigenvalue weighted by molar-refractivity contribution is -0.151. The van der Waals surface area contributed by atoms with Crippen LogP contribution in [0.4, 0.5) is 0 Å². The number of fused-ring (bicyclic) bond motifs is 3. The van der Waals surface area contributed by atoms with Gasteiger partial charge in [-0.3, -0.25) is 4.79 Å². The molecule has 0 amide bonds. The molecule has 1 saturated carbocycles. The highest BCUT2D eigenvalue weighted by atomic mass is 35.5. The summed E-state index contributed by atoms with van der Waals surface area (Å²) in [5, 5.41) is 13.2. The number of methoxy groups -OCH3 is 3. The lowest BCUT2D eigenvalue weighted by Gasteiger charge is -2.39. The van der Waals surface area contributed by atoms with Crippen LogP contribution >= 0.6 is 23.2 Å². The zero-order valence-corrected chi connectivity index (χ0v) is 20.2. The summed E-state index contributed by atoms with van der Waals surface area (Å²) in [5.41, 5.74) is -2.05. The van der Waals surface area contributed by atoms with Crippen LogP contribution in [0.3, 0.4) is 0 Å². The van der Waals surface area contributed by atoms with Crippen molar-refractivity contribution in [2.75, 3.05) is 21.3 Å². The maximum absolute atomic E-state index is 13.7. The molecule has 5 rings (SSSR count). The van der Waals surface area contributed by atoms with E-state index in [9.17, 15) is 9.90 Å². The lowest BCUT2D eigenvalue weighted by Crippen LogP contribution is -2.50. The van der Waals surface area contributed by atoms with Crippen molar-refractivity contribution >= 4 is 29.0 Å². The van der Waals surface area contributed by atoms with Gasteiger partial charge in [0, 0.05) is 40.1 Å². The summed E-state index contributed by atoms with van der Waals surface area (Å²) in [6.45, 7) is 0. The first kappa shape index (κ1) is 22.8. The van der Waals surface area contributed by atoms with Crippen LogP contribution in [0.15, 0.2) is 54.6 Å². The van der Waals surface area contributed by atoms with Gasteiger partial charge in [-0.2, -0.15) is 0 Å². The van der Waals surface area contributed by atoms with E-state index >= 15 is 0 Å². The van der Waals surface area contributed by atoms with Crippen molar-refractivity contribution in [2.45, 2.75) is 23.5 Å². The Bertz CT molecular complexity index is 1290. The van der Waals surface area contributed by atoms with Gasteiger partial charge in [0.2, 0.25) is 0 Å². The third kappa shape index (κ3) is 2.95. The molecule has 1 heterocycles. The zero-order chi connectivity index (χ0) is 24.3. The molecule has 0 unspecified atom stereocenters. The molecule has 0 radical (unpaired) electrons. The Kier molecular flexibility index (Phi) is 5.43. The molecule has 3 aromatic carbocycles. The molecular formula is C26H22Cl2O6. The summed E-state index contributed by atoms with van der Waals surface area (Å²) in [6.07, 6.45) is -0.00148. The average molecular weight is 501 g/mol. The summed E-state index contributed by atoms with van der Waals surface area (Å²) in [5.74, 6) is 0.676. The highest BCUT2D eigenvalue weighted by Gasteiger charge is 2.74. The van der Waals surface area contributed by atoms with E-state index in [4.69, 9.17) is 42.1 Å². The van der Waals surface area contributed by atoms with E-state index in [2.05, 4.69) is 0 Å². The molecule has 0 saturated heterocycles. The van der Waals surface area contributed by atoms with E-state index in [1.165, 1.54) is 14.2 Å². The van der Waals surface area contributed by atoms with Crippen molar-refractivity contribution in [3.8, 4) is 23.0 Å². The number of carbonyl (C=O) groups excluding carboxylic acids is 1. The molecule has 1 fully saturated rings. The van der Waals surface area contributed by atoms with Gasteiger partial charge in [0.25, 0.3) is 0 Å². The molecule has 1 N–H and O–H groups in total. The number of ketones is 1. The van der Waals surface area contributed by atoms with E-state index in [0.29, 0.717) is 44.2 Å². The third-order valence-corrected chi connectivity index (χ3v) is 7.37. The van der Waals surface area contributed by atoms with Crippen molar-refractivity contribution in [2.24, 2.45) is 0 Å². The number of Topliss-reactive ketones (excluding diaryl/α,β-unsaturated/α-hetero) is 1. The molecule has 0 aromatic heterocycles. The second kappa shape index (κ2) is 8.08. The summed E-state index contributed by atoms with van der Waals surface area (Å²) >= 11 is 12.8. The number of benzene rings is 3. The number of aliphatic hydroxyl groups is 1. The molecule has 0 bridgehead atoms. The lowest BCUT2D eigenvalue weighted by atomic mass is 9.71. The van der Waals surface area contributed by atoms with Crippen LogP contribution in [0, 0.1) is 0 Å². The monoisotopic (exact) mass is 500 g/mol. The van der Waals surface area contributed by atoms with Crippen molar-refractivity contribution in [1.82, 2.24) is 0 Å². The second-order valence-electron chi connectivity index (χ2n) is 8.33. The number of hydrogen-bond acceptors (Lipinski definition) is 6. The maximum Gasteiger partial charge on any atom is 0.200 e. The Morgan fingerprint density at radius 3 is 2.26 bits per heavy atom. The number of hydrogen-bond donors (Lipinski definition) is 1. The summed E-state index contributed by atoms with van der Waals surface area (Å²) in [6, 6.07) is 15.5. The van der Waals surface area contributed by atoms with Crippen LogP contribution in [0.1, 0.15) is 29.0 Å². The van der Waals surface area contributed by atoms with E-state index in [0.717, 1.165) is 0 Å². The van der Waals surface area contributed by atoms with Gasteiger partial charge < -0.3 is 24.1 Å². The smallest absolute Gasteiger partial charge is 0.200 e. The highest BCUT2D eigenvalue weighted by Crippen LogP contribution is 2.67. The zero-order valence-electron chi connectivity index (χ0n) is 18.7. The Hall–Kier alpha value is -2.93. The Morgan fingerprint density at radius 2 is 1.65 bits per heavy atom. The van der Waals surface area contributed by atoms with Gasteiger partial charge in [-0.25, -0.2) is 0 Å². The van der Waals surface area contributed by atoms with E-state index < -0.39 is 22.9 Å². The Morgan fingerprint density at radius 1 is 0.941 bits per heavy atom. The van der Waals surface area contributed by atoms with E-state index in [1.54, 1.807) is 61.7 Å². The van der Waals surface area contributed by atoms with Crippen molar-refractivity contribution in [3.05, 3.63) is 81.3 Å². The van der Waals surface area contributed by atoms with E-state index in [-0.39, 0.29) is 12.0 Å². The van der Waals surface area contributed by atoms with Gasteiger partial charge in [0.15, 0.2) is 17.0 Å². The molecule has 8 heteroatoms. The Labute approximate surface area is 206 Å². The van der Waals surface area contributed by atoms with Crippen LogP contribution in [-0.4, -0.2) is 32.2 Å². The van der Waals surface area contributed by atoms with Gasteiger partial charge in [0.05, 0.1) is 26.9 Å². The van der Waals surface area contributed by atoms with Gasteiger partial charge in [0.1, 0.15) is 23.0 Å². The molecule has 3 aromatic rings. The van der Waals surface area contributed by atoms with Gasteiger partial charge in [-0.1, -0.05) is 41.4 Å². The largest absolute Gasteiger partial charge is 0.497 e. The van der Waals surface area contributed by atoms with Crippen LogP contribution < -0.4 is 18.9 Å². The van der Waals surface area contributed by atoms with E-state index in [1.807, 2.05) is 0 Å². The summed E-state index contributed by atoms with van der Waals surface area (Å²) in [4.78, 5) is 13.7. The van der Waals surface area contributed by atoms with Crippen molar-refractivity contribution in [3.63, 3.8) is 0 Å². The first-order valence-corrected chi connectivity index (χ1v) is 11.4. The average Bonchev–Trinajstić information content (AvgIpc) is 3.24. The van der Waals surface area contributed by atoms with Crippen LogP contribution in [0.2, 0.25) is 10.0 Å². The van der Waals surface area contributed by atoms with Crippen LogP contribution in [0.5, 0.6) is 23.0 Å². The maximum atomic E-state index is 13.7. The minimum absolute atomic E-state index is 0.00148. The standard InChI is InChI=1S/C26H22Cl2O6/c1-31-16-7-4-14(5-8-16)26-19(18-9-6-15(27)10-20(18)28)13-23(29)25(26,30)24-21(33-3)11-17(32-2)12-22(24)34-26/h4-12,19,30H,13H2,1-3H3/t19-,25+,26-/m0/s1. The predicted molar refractivity (Wildman–Crippen MR) is 128 cm³/mol. The van der Waals surface area contributed by atoms with Crippen molar-refractivity contribution < 1.29 is 28.8 Å². The van der Waals surface area contributed by atoms with Crippen LogP contribution in [-0.2, 0) is 16.0 Å². The van der Waals surface area contributed by atoms with Crippen LogP contribution in [0.25, 0.3) is 0 Å². The first-order valence-electron chi connectivity index (χ1n) is 10.6. The first-order chi connectivity index (χ1) is 16.3. The summed E-state index contributed by atoms with van der Waals surface area (Å²) < 4.78 is 22.9. The SMILES string of the molecule is COc1ccc([C@@]23Oc4cc(OC)cc(OC)c4[C@]2(O)C(=O)C[C@H]3c2ccc(Cl)cc2Cl)cc1. The number of carbonyl (C=O) groups is 1. The second-order valence-corrected chi connectivity index (χ2v) is 9.17. The molecule has 6 nitrogen and oxygen atoms in total. The van der Waals surface area contributed by atoms with Crippen molar-refractivity contribution in [1.29, 1.82) is 0 Å². The minimum Gasteiger partial charge on any atom is -0.497 e. The Balaban J connectivity index is 1.83. The highest BCUT2D eigenvalue weighted by molar-refractivity contribution is 6.35. The molecule has 3 atom stereocenters. The number of halogens is 2.